The largest absolute Gasteiger partial charge is 0.211 e. The summed E-state index contributed by atoms with van der Waals surface area (Å²) >= 11 is 0. The highest BCUT2D eigenvalue weighted by Crippen LogP contribution is 2.13. The van der Waals surface area contributed by atoms with Crippen molar-refractivity contribution in [2.45, 2.75) is 6.92 Å². The molecule has 0 unspecified atom stereocenters. The molecule has 15 heavy (non-hydrogen) atoms. The van der Waals surface area contributed by atoms with Crippen LogP contribution in [0.2, 0.25) is 0 Å². The minimum Gasteiger partial charge on any atom is -0.164 e. The molecule has 0 aliphatic carbocycles. The Morgan fingerprint density at radius 1 is 0.867 bits per heavy atom. The average Bonchev–Trinajstić information content (AvgIpc) is 2.27. The van der Waals surface area contributed by atoms with Crippen LogP contribution in [0, 0.1) is 6.92 Å². The molecule has 3 rings (SSSR count). The van der Waals surface area contributed by atoms with Crippen molar-refractivity contribution in [2.24, 2.45) is 0 Å². The van der Waals surface area contributed by atoms with E-state index >= 15 is 0 Å². The highest BCUT2D eigenvalue weighted by atomic mass is 14.9. The number of nitrogens with zero attached hydrogens (tertiary/aromatic N) is 1. The molecule has 0 spiro atoms. The summed E-state index contributed by atoms with van der Waals surface area (Å²) in [4.78, 5) is 0. The summed E-state index contributed by atoms with van der Waals surface area (Å²) in [6, 6.07) is 17.0. The van der Waals surface area contributed by atoms with Crippen molar-refractivity contribution in [2.75, 3.05) is 0 Å². The molecule has 1 heteroatoms. The fraction of sp³-hybridized carbons (Fsp3) is 0.0714. The van der Waals surface area contributed by atoms with Crippen LogP contribution in [0.25, 0.3) is 16.3 Å². The van der Waals surface area contributed by atoms with E-state index in [9.17, 15) is 0 Å². The minimum absolute atomic E-state index is 1.24. The number of fused-ring (bicyclic) bond motifs is 2. The lowest BCUT2D eigenvalue weighted by Crippen LogP contribution is -2.24. The third kappa shape index (κ3) is 1.28. The molecule has 0 saturated carbocycles. The Hall–Kier alpha value is -1.89. The summed E-state index contributed by atoms with van der Waals surface area (Å²) in [5, 5.41) is 2.58. The van der Waals surface area contributed by atoms with E-state index in [4.69, 9.17) is 0 Å². The Morgan fingerprint density at radius 3 is 2.53 bits per heavy atom. The van der Waals surface area contributed by atoms with Gasteiger partial charge in [-0.25, -0.2) is 0 Å². The standard InChI is InChI=1S/C14H12N/c1-11-5-4-8-14-9-12-6-2-3-7-13(12)10-15(11)14/h2-10H,1H3/q+1. The molecule has 0 amide bonds. The topological polar surface area (TPSA) is 4.10 Å². The van der Waals surface area contributed by atoms with Crippen molar-refractivity contribution in [3.63, 3.8) is 0 Å². The molecule has 0 atom stereocenters. The Balaban J connectivity index is 2.53. The number of benzene rings is 1. The maximum absolute atomic E-state index is 2.22. The van der Waals surface area contributed by atoms with Crippen molar-refractivity contribution in [3.05, 3.63) is 60.4 Å². The Labute approximate surface area is 88.6 Å². The normalized spacial score (nSPS) is 11.0. The molecule has 72 valence electrons. The van der Waals surface area contributed by atoms with Crippen molar-refractivity contribution < 1.29 is 4.40 Å². The molecule has 1 aromatic carbocycles. The summed E-state index contributed by atoms with van der Waals surface area (Å²) < 4.78 is 2.22. The van der Waals surface area contributed by atoms with Gasteiger partial charge in [-0.05, 0) is 17.5 Å². The van der Waals surface area contributed by atoms with Crippen LogP contribution in [0.1, 0.15) is 5.69 Å². The van der Waals surface area contributed by atoms with E-state index in [1.807, 2.05) is 0 Å². The molecule has 3 aromatic rings. The second-order valence-electron chi connectivity index (χ2n) is 3.86. The molecule has 1 nitrogen and oxygen atoms in total. The van der Waals surface area contributed by atoms with E-state index in [1.165, 1.54) is 22.0 Å². The molecule has 0 bridgehead atoms. The van der Waals surface area contributed by atoms with Crippen LogP contribution in [0.5, 0.6) is 0 Å². The number of pyridine rings is 2. The second-order valence-corrected chi connectivity index (χ2v) is 3.86. The summed E-state index contributed by atoms with van der Waals surface area (Å²) in [6.07, 6.45) is 2.19. The zero-order chi connectivity index (χ0) is 10.3. The van der Waals surface area contributed by atoms with Gasteiger partial charge in [-0.3, -0.25) is 0 Å². The van der Waals surface area contributed by atoms with Gasteiger partial charge in [-0.15, -0.1) is 0 Å². The maximum atomic E-state index is 2.22. The highest BCUT2D eigenvalue weighted by molar-refractivity contribution is 5.83. The van der Waals surface area contributed by atoms with Gasteiger partial charge in [0.25, 0.3) is 0 Å². The van der Waals surface area contributed by atoms with E-state index in [0.717, 1.165) is 0 Å². The highest BCUT2D eigenvalue weighted by Gasteiger charge is 2.06. The molecule has 0 fully saturated rings. The van der Waals surface area contributed by atoms with Crippen molar-refractivity contribution in [1.29, 1.82) is 0 Å². The Morgan fingerprint density at radius 2 is 1.67 bits per heavy atom. The van der Waals surface area contributed by atoms with Crippen LogP contribution >= 0.6 is 0 Å². The van der Waals surface area contributed by atoms with Gasteiger partial charge in [0.15, 0.2) is 11.9 Å². The van der Waals surface area contributed by atoms with E-state index in [0.29, 0.717) is 0 Å². The van der Waals surface area contributed by atoms with E-state index < -0.39 is 0 Å². The fourth-order valence-electron chi connectivity index (χ4n) is 2.00. The number of hydrogen-bond acceptors (Lipinski definition) is 0. The third-order valence-electron chi connectivity index (χ3n) is 2.83. The lowest BCUT2D eigenvalue weighted by Gasteiger charge is -1.97. The van der Waals surface area contributed by atoms with Gasteiger partial charge in [-0.1, -0.05) is 18.2 Å². The summed E-state index contributed by atoms with van der Waals surface area (Å²) in [6.45, 7) is 2.13. The van der Waals surface area contributed by atoms with Crippen LogP contribution in [-0.4, -0.2) is 0 Å². The molecular formula is C14H12N+. The van der Waals surface area contributed by atoms with Gasteiger partial charge in [0.05, 0.1) is 0 Å². The van der Waals surface area contributed by atoms with Crippen LogP contribution in [-0.2, 0) is 0 Å². The van der Waals surface area contributed by atoms with Gasteiger partial charge >= 0.3 is 0 Å². The van der Waals surface area contributed by atoms with E-state index in [-0.39, 0.29) is 0 Å². The van der Waals surface area contributed by atoms with Gasteiger partial charge < -0.3 is 0 Å². The molecule has 0 aliphatic heterocycles. The maximum Gasteiger partial charge on any atom is 0.211 e. The number of aromatic nitrogens is 1. The quantitative estimate of drug-likeness (QED) is 0.383. The molecule has 0 radical (unpaired) electrons. The Kier molecular flexibility index (Phi) is 1.72. The summed E-state index contributed by atoms with van der Waals surface area (Å²) in [5.41, 5.74) is 2.51. The van der Waals surface area contributed by atoms with Crippen molar-refractivity contribution in [1.82, 2.24) is 0 Å². The van der Waals surface area contributed by atoms with Crippen LogP contribution in [0.3, 0.4) is 0 Å². The monoisotopic (exact) mass is 194 g/mol. The Bertz CT molecular complexity index is 641. The first-order valence-electron chi connectivity index (χ1n) is 5.14. The zero-order valence-corrected chi connectivity index (χ0v) is 8.64. The number of hydrogen-bond donors (Lipinski definition) is 0. The van der Waals surface area contributed by atoms with Gasteiger partial charge in [-0.2, -0.15) is 4.40 Å². The minimum atomic E-state index is 1.24. The summed E-state index contributed by atoms with van der Waals surface area (Å²) in [5.74, 6) is 0. The van der Waals surface area contributed by atoms with E-state index in [1.54, 1.807) is 0 Å². The van der Waals surface area contributed by atoms with Gasteiger partial charge in [0, 0.05) is 30.5 Å². The van der Waals surface area contributed by atoms with Crippen LogP contribution < -0.4 is 4.40 Å². The first kappa shape index (κ1) is 8.42. The number of rotatable bonds is 0. The van der Waals surface area contributed by atoms with Gasteiger partial charge in [0.1, 0.15) is 0 Å². The predicted molar refractivity (Wildman–Crippen MR) is 61.8 cm³/mol. The first-order valence-corrected chi connectivity index (χ1v) is 5.14. The third-order valence-corrected chi connectivity index (χ3v) is 2.83. The summed E-state index contributed by atoms with van der Waals surface area (Å²) in [7, 11) is 0. The molecule has 2 aromatic heterocycles. The van der Waals surface area contributed by atoms with Gasteiger partial charge in [0.2, 0.25) is 5.52 Å². The van der Waals surface area contributed by atoms with Crippen molar-refractivity contribution in [3.8, 4) is 0 Å². The smallest absolute Gasteiger partial charge is 0.164 e. The lowest BCUT2D eigenvalue weighted by atomic mass is 10.1. The predicted octanol–water partition coefficient (Wildman–Crippen LogP) is 2.89. The van der Waals surface area contributed by atoms with Crippen molar-refractivity contribution >= 4 is 16.3 Å². The average molecular weight is 194 g/mol. The lowest BCUT2D eigenvalue weighted by molar-refractivity contribution is -0.518. The van der Waals surface area contributed by atoms with E-state index in [2.05, 4.69) is 66.1 Å². The molecule has 0 aliphatic rings. The molecule has 2 heterocycles. The fourth-order valence-corrected chi connectivity index (χ4v) is 2.00. The second kappa shape index (κ2) is 3.06. The SMILES string of the molecule is Cc1cccc2cc3ccccc3c[n+]12. The molecule has 0 N–H and O–H groups in total. The first-order chi connectivity index (χ1) is 7.34. The number of aryl methyl sites for hydroxylation is 1. The van der Waals surface area contributed by atoms with Crippen LogP contribution in [0.15, 0.2) is 54.7 Å². The zero-order valence-electron chi connectivity index (χ0n) is 8.64. The molecule has 0 saturated heterocycles. The molecular weight excluding hydrogens is 182 g/mol. The van der Waals surface area contributed by atoms with Crippen LogP contribution in [0.4, 0.5) is 0 Å².